The molecule has 2 rings (SSSR count). The molecule has 2 aromatic heterocycles. The van der Waals surface area contributed by atoms with Crippen LogP contribution in [-0.4, -0.2) is 28.3 Å². The van der Waals surface area contributed by atoms with E-state index in [2.05, 4.69) is 24.1 Å². The number of rotatable bonds is 7. The SMILES string of the molecule is CCCCNC(=O)Cn1c(SC)nc2sc(CC)cc2c1=O. The minimum Gasteiger partial charge on any atom is -0.355 e. The molecule has 120 valence electrons. The Bertz CT molecular complexity index is 721. The quantitative estimate of drug-likeness (QED) is 0.478. The first kappa shape index (κ1) is 17.0. The van der Waals surface area contributed by atoms with Crippen LogP contribution in [0.25, 0.3) is 10.2 Å². The fraction of sp³-hybridized carbons (Fsp3) is 0.533. The molecule has 0 bridgehead atoms. The van der Waals surface area contributed by atoms with Gasteiger partial charge >= 0.3 is 0 Å². The van der Waals surface area contributed by atoms with Crippen LogP contribution in [0.2, 0.25) is 0 Å². The third kappa shape index (κ3) is 3.70. The van der Waals surface area contributed by atoms with E-state index in [1.807, 2.05) is 12.3 Å². The van der Waals surface area contributed by atoms with Crippen LogP contribution in [0.1, 0.15) is 31.6 Å². The van der Waals surface area contributed by atoms with Crippen molar-refractivity contribution in [2.45, 2.75) is 44.8 Å². The van der Waals surface area contributed by atoms with Crippen molar-refractivity contribution in [3.8, 4) is 0 Å². The molecule has 0 fully saturated rings. The van der Waals surface area contributed by atoms with Crippen LogP contribution in [0.4, 0.5) is 0 Å². The summed E-state index contributed by atoms with van der Waals surface area (Å²) < 4.78 is 1.47. The van der Waals surface area contributed by atoms with E-state index in [1.165, 1.54) is 16.3 Å². The Morgan fingerprint density at radius 1 is 1.45 bits per heavy atom. The number of thioether (sulfide) groups is 1. The van der Waals surface area contributed by atoms with Crippen molar-refractivity contribution in [3.63, 3.8) is 0 Å². The second-order valence-electron chi connectivity index (χ2n) is 4.98. The fourth-order valence-electron chi connectivity index (χ4n) is 2.12. The lowest BCUT2D eigenvalue weighted by Crippen LogP contribution is -2.33. The zero-order valence-corrected chi connectivity index (χ0v) is 14.8. The molecule has 0 atom stereocenters. The number of hydrogen-bond acceptors (Lipinski definition) is 5. The van der Waals surface area contributed by atoms with Crippen molar-refractivity contribution >= 4 is 39.2 Å². The maximum Gasteiger partial charge on any atom is 0.263 e. The summed E-state index contributed by atoms with van der Waals surface area (Å²) in [4.78, 5) is 31.1. The molecule has 22 heavy (non-hydrogen) atoms. The fourth-order valence-corrected chi connectivity index (χ4v) is 3.69. The summed E-state index contributed by atoms with van der Waals surface area (Å²) in [6.07, 6.45) is 4.72. The second-order valence-corrected chi connectivity index (χ2v) is 6.87. The van der Waals surface area contributed by atoms with Crippen molar-refractivity contribution in [2.24, 2.45) is 0 Å². The molecule has 2 aromatic rings. The highest BCUT2D eigenvalue weighted by Gasteiger charge is 2.15. The molecule has 0 aliphatic carbocycles. The van der Waals surface area contributed by atoms with Crippen molar-refractivity contribution in [1.29, 1.82) is 0 Å². The Kier molecular flexibility index (Phi) is 6.02. The summed E-state index contributed by atoms with van der Waals surface area (Å²) in [6.45, 7) is 4.80. The summed E-state index contributed by atoms with van der Waals surface area (Å²) in [6, 6.07) is 1.89. The lowest BCUT2D eigenvalue weighted by Gasteiger charge is -2.10. The second kappa shape index (κ2) is 7.78. The molecule has 0 aromatic carbocycles. The Labute approximate surface area is 138 Å². The Balaban J connectivity index is 2.33. The van der Waals surface area contributed by atoms with E-state index in [0.717, 1.165) is 29.0 Å². The highest BCUT2D eigenvalue weighted by atomic mass is 32.2. The number of amides is 1. The van der Waals surface area contributed by atoms with Gasteiger partial charge in [-0.25, -0.2) is 4.98 Å². The van der Waals surface area contributed by atoms with Gasteiger partial charge in [0.05, 0.1) is 5.39 Å². The number of fused-ring (bicyclic) bond motifs is 1. The monoisotopic (exact) mass is 339 g/mol. The predicted octanol–water partition coefficient (Wildman–Crippen LogP) is 2.66. The smallest absolute Gasteiger partial charge is 0.263 e. The molecule has 5 nitrogen and oxygen atoms in total. The molecule has 1 N–H and O–H groups in total. The first-order valence-electron chi connectivity index (χ1n) is 7.44. The zero-order chi connectivity index (χ0) is 16.1. The highest BCUT2D eigenvalue weighted by molar-refractivity contribution is 7.98. The molecule has 0 saturated heterocycles. The third-order valence-corrected chi connectivity index (χ3v) is 5.20. The number of nitrogens with one attached hydrogen (secondary N) is 1. The molecule has 0 spiro atoms. The van der Waals surface area contributed by atoms with Crippen LogP contribution in [0.15, 0.2) is 16.0 Å². The van der Waals surface area contributed by atoms with Crippen LogP contribution in [0, 0.1) is 0 Å². The van der Waals surface area contributed by atoms with Gasteiger partial charge in [-0.2, -0.15) is 0 Å². The van der Waals surface area contributed by atoms with Gasteiger partial charge in [0.15, 0.2) is 5.16 Å². The van der Waals surface area contributed by atoms with Gasteiger partial charge in [0.25, 0.3) is 5.56 Å². The van der Waals surface area contributed by atoms with E-state index >= 15 is 0 Å². The topological polar surface area (TPSA) is 64.0 Å². The summed E-state index contributed by atoms with van der Waals surface area (Å²) in [7, 11) is 0. The van der Waals surface area contributed by atoms with E-state index < -0.39 is 0 Å². The zero-order valence-electron chi connectivity index (χ0n) is 13.1. The Morgan fingerprint density at radius 3 is 2.86 bits per heavy atom. The minimum atomic E-state index is -0.141. The minimum absolute atomic E-state index is 0.0268. The van der Waals surface area contributed by atoms with Gasteiger partial charge in [0, 0.05) is 11.4 Å². The van der Waals surface area contributed by atoms with Gasteiger partial charge in [-0.15, -0.1) is 11.3 Å². The lowest BCUT2D eigenvalue weighted by molar-refractivity contribution is -0.121. The summed E-state index contributed by atoms with van der Waals surface area (Å²) in [5, 5.41) is 4.04. The normalized spacial score (nSPS) is 11.0. The molecule has 0 radical (unpaired) electrons. The van der Waals surface area contributed by atoms with Crippen LogP contribution in [-0.2, 0) is 17.8 Å². The van der Waals surface area contributed by atoms with E-state index in [9.17, 15) is 9.59 Å². The van der Waals surface area contributed by atoms with Crippen LogP contribution in [0.5, 0.6) is 0 Å². The van der Waals surface area contributed by atoms with Gasteiger partial charge in [0.2, 0.25) is 5.91 Å². The standard InChI is InChI=1S/C15H21N3O2S2/c1-4-6-7-16-12(19)9-18-14(20)11-8-10(5-2)22-13(11)17-15(18)21-3/h8H,4-7,9H2,1-3H3,(H,16,19). The maximum absolute atomic E-state index is 12.6. The molecule has 0 saturated carbocycles. The average Bonchev–Trinajstić information content (AvgIpc) is 2.93. The van der Waals surface area contributed by atoms with Gasteiger partial charge in [-0.3, -0.25) is 14.2 Å². The predicted molar refractivity (Wildman–Crippen MR) is 93.0 cm³/mol. The Morgan fingerprint density at radius 2 is 2.23 bits per heavy atom. The maximum atomic E-state index is 12.6. The third-order valence-electron chi connectivity index (χ3n) is 3.35. The summed E-state index contributed by atoms with van der Waals surface area (Å²) in [5.74, 6) is -0.141. The Hall–Kier alpha value is -1.34. The van der Waals surface area contributed by atoms with Gasteiger partial charge in [0.1, 0.15) is 11.4 Å². The number of aromatic nitrogens is 2. The number of carbonyl (C=O) groups excluding carboxylic acids is 1. The molecule has 0 unspecified atom stereocenters. The molecule has 1 amide bonds. The molecular weight excluding hydrogens is 318 g/mol. The average molecular weight is 339 g/mol. The van der Waals surface area contributed by atoms with E-state index in [0.29, 0.717) is 17.1 Å². The summed E-state index contributed by atoms with van der Waals surface area (Å²) >= 11 is 2.94. The van der Waals surface area contributed by atoms with Gasteiger partial charge in [-0.05, 0) is 25.2 Å². The molecule has 7 heteroatoms. The number of nitrogens with zero attached hydrogens (tertiary/aromatic N) is 2. The number of thiophene rings is 1. The van der Waals surface area contributed by atoms with Crippen molar-refractivity contribution in [3.05, 3.63) is 21.3 Å². The first-order chi connectivity index (χ1) is 10.6. The van der Waals surface area contributed by atoms with E-state index in [1.54, 1.807) is 11.3 Å². The summed E-state index contributed by atoms with van der Waals surface area (Å²) in [5.41, 5.74) is -0.129. The number of carbonyl (C=O) groups is 1. The largest absolute Gasteiger partial charge is 0.355 e. The number of aryl methyl sites for hydroxylation is 1. The van der Waals surface area contributed by atoms with Crippen molar-refractivity contribution < 1.29 is 4.79 Å². The van der Waals surface area contributed by atoms with Gasteiger partial charge in [-0.1, -0.05) is 32.0 Å². The van der Waals surface area contributed by atoms with Crippen molar-refractivity contribution in [1.82, 2.24) is 14.9 Å². The van der Waals surface area contributed by atoms with Crippen molar-refractivity contribution in [2.75, 3.05) is 12.8 Å². The first-order valence-corrected chi connectivity index (χ1v) is 9.48. The van der Waals surface area contributed by atoms with E-state index in [-0.39, 0.29) is 18.0 Å². The van der Waals surface area contributed by atoms with Crippen LogP contribution in [0.3, 0.4) is 0 Å². The van der Waals surface area contributed by atoms with Crippen LogP contribution >= 0.6 is 23.1 Å². The lowest BCUT2D eigenvalue weighted by atomic mass is 10.3. The highest BCUT2D eigenvalue weighted by Crippen LogP contribution is 2.24. The molecule has 0 aliphatic rings. The van der Waals surface area contributed by atoms with Gasteiger partial charge < -0.3 is 5.32 Å². The molecular formula is C15H21N3O2S2. The molecule has 2 heterocycles. The number of unbranched alkanes of at least 4 members (excludes halogenated alkanes) is 1. The number of hydrogen-bond donors (Lipinski definition) is 1. The van der Waals surface area contributed by atoms with E-state index in [4.69, 9.17) is 0 Å². The molecule has 0 aliphatic heterocycles. The van der Waals surface area contributed by atoms with Crippen LogP contribution < -0.4 is 10.9 Å².